The highest BCUT2D eigenvalue weighted by atomic mass is 16.5. The van der Waals surface area contributed by atoms with Crippen LogP contribution in [0.1, 0.15) is 26.7 Å². The maximum absolute atomic E-state index is 11.8. The van der Waals surface area contributed by atoms with Gasteiger partial charge in [-0.2, -0.15) is 0 Å². The summed E-state index contributed by atoms with van der Waals surface area (Å²) in [6, 6.07) is 15.1. The molecule has 0 aliphatic carbocycles. The third-order valence-corrected chi connectivity index (χ3v) is 5.06. The minimum absolute atomic E-state index is 0.0351. The summed E-state index contributed by atoms with van der Waals surface area (Å²) in [5.41, 5.74) is 2.51. The normalized spacial score (nSPS) is 16.8. The number of hydrogen-bond acceptors (Lipinski definition) is 4. The Kier molecular flexibility index (Phi) is 4.18. The van der Waals surface area contributed by atoms with E-state index in [9.17, 15) is 10.3 Å². The van der Waals surface area contributed by atoms with E-state index in [1.54, 1.807) is 6.07 Å². The van der Waals surface area contributed by atoms with E-state index in [4.69, 9.17) is 0 Å². The van der Waals surface area contributed by atoms with Crippen LogP contribution >= 0.6 is 0 Å². The van der Waals surface area contributed by atoms with Crippen LogP contribution in [0, 0.1) is 5.41 Å². The smallest absolute Gasteiger partial charge is 0.0865 e. The van der Waals surface area contributed by atoms with Crippen LogP contribution in [-0.2, 0) is 0 Å². The summed E-state index contributed by atoms with van der Waals surface area (Å²) >= 11 is 0. The third kappa shape index (κ3) is 2.86. The van der Waals surface area contributed by atoms with Crippen molar-refractivity contribution in [3.05, 3.63) is 48.5 Å². The minimum Gasteiger partial charge on any atom is -0.872 e. The Balaban J connectivity index is 2.16. The number of para-hydroxylation sites is 1. The van der Waals surface area contributed by atoms with E-state index in [0.717, 1.165) is 30.8 Å². The molecular formula is C19H23N2O2-. The van der Waals surface area contributed by atoms with Gasteiger partial charge in [0.15, 0.2) is 0 Å². The molecule has 0 fully saturated rings. The summed E-state index contributed by atoms with van der Waals surface area (Å²) in [6.45, 7) is 5.66. The van der Waals surface area contributed by atoms with Crippen molar-refractivity contribution in [1.29, 1.82) is 0 Å². The molecule has 0 spiro atoms. The molecule has 0 saturated heterocycles. The van der Waals surface area contributed by atoms with Gasteiger partial charge < -0.3 is 10.0 Å². The van der Waals surface area contributed by atoms with Gasteiger partial charge in [0.25, 0.3) is 0 Å². The standard InChI is InChI=1S/C19H24N2O2/c1-3-19(4-2)13-20(15-8-6-5-7-9-15)17-11-10-16(22)12-18(17)21(23)14-19/h5-12,22-23H,3-4,13-14H2,1-2H3/p-1. The predicted octanol–water partition coefficient (Wildman–Crippen LogP) is 3.91. The number of hydrogen-bond donors (Lipinski definition) is 1. The average molecular weight is 311 g/mol. The van der Waals surface area contributed by atoms with Crippen molar-refractivity contribution in [2.24, 2.45) is 5.41 Å². The topological polar surface area (TPSA) is 49.8 Å². The Morgan fingerprint density at radius 2 is 1.70 bits per heavy atom. The number of rotatable bonds is 3. The highest BCUT2D eigenvalue weighted by Crippen LogP contribution is 2.43. The number of anilines is 3. The highest BCUT2D eigenvalue weighted by molar-refractivity contribution is 5.78. The summed E-state index contributed by atoms with van der Waals surface area (Å²) < 4.78 is 0. The van der Waals surface area contributed by atoms with E-state index < -0.39 is 0 Å². The Hall–Kier alpha value is -2.20. The van der Waals surface area contributed by atoms with Crippen molar-refractivity contribution >= 4 is 17.1 Å². The molecule has 2 aromatic rings. The first-order valence-corrected chi connectivity index (χ1v) is 8.18. The van der Waals surface area contributed by atoms with Gasteiger partial charge in [0.1, 0.15) is 0 Å². The molecule has 0 bridgehead atoms. The lowest BCUT2D eigenvalue weighted by Crippen LogP contribution is -2.40. The van der Waals surface area contributed by atoms with Crippen molar-refractivity contribution < 1.29 is 10.3 Å². The van der Waals surface area contributed by atoms with Crippen molar-refractivity contribution in [2.75, 3.05) is 23.1 Å². The third-order valence-electron chi connectivity index (χ3n) is 5.06. The number of benzene rings is 2. The van der Waals surface area contributed by atoms with Gasteiger partial charge in [-0.25, -0.2) is 0 Å². The van der Waals surface area contributed by atoms with E-state index in [1.165, 1.54) is 11.1 Å². The molecule has 122 valence electrons. The lowest BCUT2D eigenvalue weighted by molar-refractivity contribution is -0.268. The van der Waals surface area contributed by atoms with Crippen LogP contribution in [0.3, 0.4) is 0 Å². The molecule has 1 heterocycles. The fourth-order valence-electron chi connectivity index (χ4n) is 3.35. The second kappa shape index (κ2) is 6.13. The number of hydroxylamine groups is 1. The van der Waals surface area contributed by atoms with E-state index in [1.807, 2.05) is 24.3 Å². The Labute approximate surface area is 137 Å². The monoisotopic (exact) mass is 311 g/mol. The second-order valence-electron chi connectivity index (χ2n) is 6.34. The van der Waals surface area contributed by atoms with E-state index in [2.05, 4.69) is 30.9 Å². The van der Waals surface area contributed by atoms with Crippen molar-refractivity contribution in [1.82, 2.24) is 0 Å². The summed E-state index contributed by atoms with van der Waals surface area (Å²) in [5, 5.41) is 23.6. The second-order valence-corrected chi connectivity index (χ2v) is 6.34. The van der Waals surface area contributed by atoms with Gasteiger partial charge in [0.2, 0.25) is 0 Å². The Morgan fingerprint density at radius 3 is 2.35 bits per heavy atom. The van der Waals surface area contributed by atoms with Gasteiger partial charge >= 0.3 is 0 Å². The maximum Gasteiger partial charge on any atom is 0.0865 e. The first-order valence-electron chi connectivity index (χ1n) is 8.18. The lowest BCUT2D eigenvalue weighted by atomic mass is 9.81. The molecule has 2 aromatic carbocycles. The van der Waals surface area contributed by atoms with Gasteiger partial charge in [-0.3, -0.25) is 10.3 Å². The molecule has 0 atom stereocenters. The van der Waals surface area contributed by atoms with Gasteiger partial charge in [-0.15, -0.1) is 5.75 Å². The molecule has 0 saturated carbocycles. The minimum atomic E-state index is -0.0868. The summed E-state index contributed by atoms with van der Waals surface area (Å²) in [5.74, 6) is -0.0868. The van der Waals surface area contributed by atoms with Gasteiger partial charge in [-0.05, 0) is 37.1 Å². The number of fused-ring (bicyclic) bond motifs is 1. The molecule has 4 nitrogen and oxygen atoms in total. The fraction of sp³-hybridized carbons (Fsp3) is 0.368. The first-order chi connectivity index (χ1) is 11.1. The van der Waals surface area contributed by atoms with Crippen LogP contribution in [0.2, 0.25) is 0 Å². The fourth-order valence-corrected chi connectivity index (χ4v) is 3.35. The van der Waals surface area contributed by atoms with Crippen LogP contribution in [0.5, 0.6) is 5.75 Å². The molecule has 23 heavy (non-hydrogen) atoms. The first kappa shape index (κ1) is 15.7. The molecule has 0 aromatic heterocycles. The van der Waals surface area contributed by atoms with Crippen LogP contribution in [-0.4, -0.2) is 18.3 Å². The Morgan fingerprint density at radius 1 is 1.00 bits per heavy atom. The zero-order valence-electron chi connectivity index (χ0n) is 13.7. The molecule has 4 heteroatoms. The summed E-state index contributed by atoms with van der Waals surface area (Å²) in [4.78, 5) is 2.22. The Bertz CT molecular complexity index is 668. The molecule has 1 N–H and O–H groups in total. The highest BCUT2D eigenvalue weighted by Gasteiger charge is 2.36. The molecule has 3 rings (SSSR count). The molecule has 0 radical (unpaired) electrons. The maximum atomic E-state index is 11.8. The van der Waals surface area contributed by atoms with Crippen molar-refractivity contribution in [3.8, 4) is 5.75 Å². The van der Waals surface area contributed by atoms with Gasteiger partial charge in [0.05, 0.1) is 17.9 Å². The number of nitrogens with zero attached hydrogens (tertiary/aromatic N) is 2. The van der Waals surface area contributed by atoms with E-state index >= 15 is 0 Å². The van der Waals surface area contributed by atoms with Crippen molar-refractivity contribution in [3.63, 3.8) is 0 Å². The van der Waals surface area contributed by atoms with Gasteiger partial charge in [-0.1, -0.05) is 38.1 Å². The molecule has 0 amide bonds. The SMILES string of the molecule is CCC1(CC)CN(O)c2cc([O-])ccc2N(c2ccccc2)C1. The van der Waals surface area contributed by atoms with Crippen LogP contribution in [0.15, 0.2) is 48.5 Å². The van der Waals surface area contributed by atoms with Crippen LogP contribution < -0.4 is 15.1 Å². The average Bonchev–Trinajstić information content (AvgIpc) is 2.71. The zero-order valence-corrected chi connectivity index (χ0v) is 13.7. The molecular weight excluding hydrogens is 288 g/mol. The summed E-state index contributed by atoms with van der Waals surface area (Å²) in [7, 11) is 0. The van der Waals surface area contributed by atoms with E-state index in [-0.39, 0.29) is 11.2 Å². The molecule has 0 unspecified atom stereocenters. The van der Waals surface area contributed by atoms with Crippen LogP contribution in [0.25, 0.3) is 0 Å². The molecule has 1 aliphatic rings. The zero-order chi connectivity index (χ0) is 16.4. The van der Waals surface area contributed by atoms with E-state index in [0.29, 0.717) is 12.2 Å². The lowest BCUT2D eigenvalue weighted by Gasteiger charge is -2.36. The quantitative estimate of drug-likeness (QED) is 0.933. The summed E-state index contributed by atoms with van der Waals surface area (Å²) in [6.07, 6.45) is 1.92. The van der Waals surface area contributed by atoms with Gasteiger partial charge in [0, 0.05) is 17.6 Å². The van der Waals surface area contributed by atoms with Crippen LogP contribution in [0.4, 0.5) is 17.1 Å². The predicted molar refractivity (Wildman–Crippen MR) is 91.5 cm³/mol. The molecule has 1 aliphatic heterocycles. The largest absolute Gasteiger partial charge is 0.872 e. The van der Waals surface area contributed by atoms with Crippen molar-refractivity contribution in [2.45, 2.75) is 26.7 Å².